The summed E-state index contributed by atoms with van der Waals surface area (Å²) in [4.78, 5) is 9.02. The standard InChI is InChI=1S/C40H26N2/c1-2-10-28(11-3-1)38-33-14-4-6-16-35(33)39(36-17-7-5-15-34(36)38)30-13-8-12-29(26-30)31-19-20-32(27-21-24-41-25-22-27)40-37(31)18-9-23-42-40/h1-26H. The Hall–Kier alpha value is -5.60. The van der Waals surface area contributed by atoms with Crippen molar-refractivity contribution in [3.8, 4) is 44.5 Å². The largest absolute Gasteiger partial charge is 0.265 e. The molecule has 8 aromatic rings. The fraction of sp³-hybridized carbons (Fsp3) is 0. The number of fused-ring (bicyclic) bond motifs is 3. The van der Waals surface area contributed by atoms with Crippen molar-refractivity contribution in [2.75, 3.05) is 0 Å². The second kappa shape index (κ2) is 10.1. The van der Waals surface area contributed by atoms with E-state index in [-0.39, 0.29) is 0 Å². The van der Waals surface area contributed by atoms with Crippen molar-refractivity contribution in [3.05, 3.63) is 158 Å². The molecule has 2 nitrogen and oxygen atoms in total. The van der Waals surface area contributed by atoms with Crippen LogP contribution in [0.25, 0.3) is 77.0 Å². The molecule has 0 N–H and O–H groups in total. The van der Waals surface area contributed by atoms with E-state index in [1.807, 2.05) is 36.8 Å². The molecule has 0 aliphatic heterocycles. The lowest BCUT2D eigenvalue weighted by atomic mass is 9.85. The summed E-state index contributed by atoms with van der Waals surface area (Å²) in [5, 5.41) is 6.18. The van der Waals surface area contributed by atoms with Crippen LogP contribution >= 0.6 is 0 Å². The van der Waals surface area contributed by atoms with E-state index in [2.05, 4.69) is 126 Å². The third kappa shape index (κ3) is 3.96. The number of rotatable bonds is 4. The lowest BCUT2D eigenvalue weighted by Crippen LogP contribution is -1.92. The van der Waals surface area contributed by atoms with Gasteiger partial charge in [0.25, 0.3) is 0 Å². The van der Waals surface area contributed by atoms with Crippen LogP contribution in [0.1, 0.15) is 0 Å². The van der Waals surface area contributed by atoms with Gasteiger partial charge in [-0.15, -0.1) is 0 Å². The number of pyridine rings is 2. The van der Waals surface area contributed by atoms with Gasteiger partial charge in [-0.25, -0.2) is 0 Å². The summed E-state index contributed by atoms with van der Waals surface area (Å²) < 4.78 is 0. The van der Waals surface area contributed by atoms with Gasteiger partial charge in [-0.2, -0.15) is 0 Å². The maximum absolute atomic E-state index is 4.82. The molecule has 0 radical (unpaired) electrons. The number of hydrogen-bond acceptors (Lipinski definition) is 2. The smallest absolute Gasteiger partial charge is 0.0786 e. The average molecular weight is 535 g/mol. The highest BCUT2D eigenvalue weighted by Crippen LogP contribution is 2.44. The minimum atomic E-state index is 0.995. The molecule has 0 bridgehead atoms. The van der Waals surface area contributed by atoms with Gasteiger partial charge >= 0.3 is 0 Å². The summed E-state index contributed by atoms with van der Waals surface area (Å²) in [7, 11) is 0. The molecule has 0 aliphatic carbocycles. The van der Waals surface area contributed by atoms with Gasteiger partial charge in [-0.1, -0.05) is 115 Å². The van der Waals surface area contributed by atoms with Crippen LogP contribution < -0.4 is 0 Å². The maximum atomic E-state index is 4.82. The monoisotopic (exact) mass is 534 g/mol. The van der Waals surface area contributed by atoms with Gasteiger partial charge in [0.15, 0.2) is 0 Å². The Kier molecular flexibility index (Phi) is 5.82. The van der Waals surface area contributed by atoms with Crippen LogP contribution in [0.15, 0.2) is 158 Å². The zero-order chi connectivity index (χ0) is 27.9. The first-order valence-electron chi connectivity index (χ1n) is 14.2. The minimum absolute atomic E-state index is 0.995. The Morgan fingerprint density at radius 2 is 0.881 bits per heavy atom. The zero-order valence-corrected chi connectivity index (χ0v) is 22.9. The third-order valence-electron chi connectivity index (χ3n) is 8.22. The van der Waals surface area contributed by atoms with Crippen molar-refractivity contribution < 1.29 is 0 Å². The number of benzene rings is 6. The minimum Gasteiger partial charge on any atom is -0.265 e. The third-order valence-corrected chi connectivity index (χ3v) is 8.22. The summed E-state index contributed by atoms with van der Waals surface area (Å²) in [5.74, 6) is 0. The van der Waals surface area contributed by atoms with Crippen molar-refractivity contribution in [2.45, 2.75) is 0 Å². The molecule has 0 amide bonds. The first-order chi connectivity index (χ1) is 20.9. The lowest BCUT2D eigenvalue weighted by Gasteiger charge is -2.18. The molecule has 0 unspecified atom stereocenters. The Balaban J connectivity index is 1.37. The van der Waals surface area contributed by atoms with Crippen molar-refractivity contribution in [2.24, 2.45) is 0 Å². The van der Waals surface area contributed by atoms with Crippen LogP contribution in [0, 0.1) is 0 Å². The molecule has 6 aromatic carbocycles. The van der Waals surface area contributed by atoms with Crippen molar-refractivity contribution in [3.63, 3.8) is 0 Å². The normalized spacial score (nSPS) is 11.3. The second-order valence-corrected chi connectivity index (χ2v) is 10.6. The molecule has 2 aromatic heterocycles. The summed E-state index contributed by atoms with van der Waals surface area (Å²) in [6.07, 6.45) is 5.54. The maximum Gasteiger partial charge on any atom is 0.0786 e. The van der Waals surface area contributed by atoms with E-state index in [9.17, 15) is 0 Å². The Labute approximate surface area is 244 Å². The summed E-state index contributed by atoms with van der Waals surface area (Å²) in [5.41, 5.74) is 10.6. The molecule has 2 heteroatoms. The van der Waals surface area contributed by atoms with E-state index in [0.717, 1.165) is 22.0 Å². The summed E-state index contributed by atoms with van der Waals surface area (Å²) in [6, 6.07) is 50.0. The van der Waals surface area contributed by atoms with Gasteiger partial charge in [0.1, 0.15) is 0 Å². The van der Waals surface area contributed by atoms with Crippen LogP contribution in [-0.2, 0) is 0 Å². The predicted octanol–water partition coefficient (Wildman–Crippen LogP) is 10.6. The molecule has 0 saturated carbocycles. The van der Waals surface area contributed by atoms with E-state index >= 15 is 0 Å². The van der Waals surface area contributed by atoms with Crippen molar-refractivity contribution in [1.29, 1.82) is 0 Å². The molecule has 2 heterocycles. The lowest BCUT2D eigenvalue weighted by molar-refractivity contribution is 1.33. The fourth-order valence-corrected chi connectivity index (χ4v) is 6.39. The van der Waals surface area contributed by atoms with E-state index in [1.165, 1.54) is 54.9 Å². The predicted molar refractivity (Wildman–Crippen MR) is 176 cm³/mol. The quantitative estimate of drug-likeness (QED) is 0.210. The number of hydrogen-bond donors (Lipinski definition) is 0. The summed E-state index contributed by atoms with van der Waals surface area (Å²) >= 11 is 0. The Morgan fingerprint density at radius 3 is 1.57 bits per heavy atom. The van der Waals surface area contributed by atoms with Gasteiger partial charge < -0.3 is 0 Å². The molecule has 0 fully saturated rings. The molecule has 196 valence electrons. The van der Waals surface area contributed by atoms with E-state index in [1.54, 1.807) is 0 Å². The van der Waals surface area contributed by atoms with Gasteiger partial charge in [-0.05, 0) is 84.8 Å². The highest BCUT2D eigenvalue weighted by Gasteiger charge is 2.17. The second-order valence-electron chi connectivity index (χ2n) is 10.6. The highest BCUT2D eigenvalue weighted by molar-refractivity contribution is 6.21. The van der Waals surface area contributed by atoms with E-state index in [4.69, 9.17) is 4.98 Å². The number of aromatic nitrogens is 2. The van der Waals surface area contributed by atoms with Crippen LogP contribution in [0.2, 0.25) is 0 Å². The number of nitrogens with zero attached hydrogens (tertiary/aromatic N) is 2. The first kappa shape index (κ1) is 24.2. The Bertz CT molecular complexity index is 2180. The van der Waals surface area contributed by atoms with Crippen LogP contribution in [-0.4, -0.2) is 9.97 Å². The van der Waals surface area contributed by atoms with Crippen LogP contribution in [0.4, 0.5) is 0 Å². The van der Waals surface area contributed by atoms with Gasteiger partial charge in [0, 0.05) is 29.5 Å². The topological polar surface area (TPSA) is 25.8 Å². The molecule has 0 spiro atoms. The SMILES string of the molecule is c1ccc(-c2c3ccccc3c(-c3cccc(-c4ccc(-c5ccncc5)c5ncccc45)c3)c3ccccc23)cc1. The van der Waals surface area contributed by atoms with Crippen molar-refractivity contribution in [1.82, 2.24) is 9.97 Å². The van der Waals surface area contributed by atoms with Gasteiger partial charge in [0.05, 0.1) is 5.52 Å². The molecule has 8 rings (SSSR count). The molecular formula is C40H26N2. The fourth-order valence-electron chi connectivity index (χ4n) is 6.39. The van der Waals surface area contributed by atoms with Crippen LogP contribution in [0.5, 0.6) is 0 Å². The van der Waals surface area contributed by atoms with E-state index < -0.39 is 0 Å². The Morgan fingerprint density at radius 1 is 0.333 bits per heavy atom. The summed E-state index contributed by atoms with van der Waals surface area (Å²) in [6.45, 7) is 0. The first-order valence-corrected chi connectivity index (χ1v) is 14.2. The average Bonchev–Trinajstić information content (AvgIpc) is 3.07. The molecule has 0 saturated heterocycles. The molecule has 42 heavy (non-hydrogen) atoms. The van der Waals surface area contributed by atoms with Crippen molar-refractivity contribution >= 4 is 32.4 Å². The van der Waals surface area contributed by atoms with Gasteiger partial charge in [-0.3, -0.25) is 9.97 Å². The molecule has 0 aliphatic rings. The molecule has 0 atom stereocenters. The molecular weight excluding hydrogens is 508 g/mol. The van der Waals surface area contributed by atoms with E-state index in [0.29, 0.717) is 0 Å². The van der Waals surface area contributed by atoms with Crippen LogP contribution in [0.3, 0.4) is 0 Å². The zero-order valence-electron chi connectivity index (χ0n) is 22.9. The highest BCUT2D eigenvalue weighted by atomic mass is 14.7. The van der Waals surface area contributed by atoms with Gasteiger partial charge in [0.2, 0.25) is 0 Å².